The lowest BCUT2D eigenvalue weighted by atomic mass is 9.85. The molecule has 0 aliphatic carbocycles. The second kappa shape index (κ2) is 7.09. The van der Waals surface area contributed by atoms with Crippen LogP contribution in [0.2, 0.25) is 0 Å². The minimum atomic E-state index is -0.916. The van der Waals surface area contributed by atoms with Gasteiger partial charge in [-0.2, -0.15) is 5.26 Å². The van der Waals surface area contributed by atoms with Crippen LogP contribution >= 0.6 is 0 Å². The van der Waals surface area contributed by atoms with E-state index >= 15 is 0 Å². The van der Waals surface area contributed by atoms with Gasteiger partial charge in [0.15, 0.2) is 5.54 Å². The number of carbonyl (C=O) groups is 1. The monoisotopic (exact) mass is 350 g/mol. The second-order valence-corrected chi connectivity index (χ2v) is 6.57. The highest BCUT2D eigenvalue weighted by atomic mass is 16.5. The van der Waals surface area contributed by atoms with Crippen molar-refractivity contribution < 1.29 is 14.3 Å². The summed E-state index contributed by atoms with van der Waals surface area (Å²) in [7, 11) is 3.00. The fourth-order valence-corrected chi connectivity index (χ4v) is 3.59. The first-order valence-corrected chi connectivity index (χ1v) is 8.52. The Labute approximate surface area is 153 Å². The summed E-state index contributed by atoms with van der Waals surface area (Å²) >= 11 is 0. The average Bonchev–Trinajstić information content (AvgIpc) is 3.09. The standard InChI is InChI=1S/C21H22N2O3/c1-15-4-6-17(7-5-15)21(14-22)12-16(20(24)26-3)13-23(21)18-8-10-19(25-2)11-9-18/h4-11,16H,12-13H2,1-3H3. The van der Waals surface area contributed by atoms with Crippen molar-refractivity contribution in [2.45, 2.75) is 18.9 Å². The maximum Gasteiger partial charge on any atom is 0.310 e. The Morgan fingerprint density at radius 3 is 2.35 bits per heavy atom. The number of benzene rings is 2. The Kier molecular flexibility index (Phi) is 4.85. The molecule has 1 aliphatic rings. The van der Waals surface area contributed by atoms with E-state index in [1.807, 2.05) is 60.4 Å². The number of carbonyl (C=O) groups excluding carboxylic acids is 1. The van der Waals surface area contributed by atoms with Gasteiger partial charge in [0.25, 0.3) is 0 Å². The summed E-state index contributed by atoms with van der Waals surface area (Å²) in [4.78, 5) is 14.2. The quantitative estimate of drug-likeness (QED) is 0.791. The Balaban J connectivity index is 2.08. The van der Waals surface area contributed by atoms with E-state index in [4.69, 9.17) is 9.47 Å². The van der Waals surface area contributed by atoms with Crippen LogP contribution < -0.4 is 9.64 Å². The van der Waals surface area contributed by atoms with Gasteiger partial charge in [-0.05, 0) is 36.8 Å². The van der Waals surface area contributed by atoms with Crippen LogP contribution in [0.3, 0.4) is 0 Å². The van der Waals surface area contributed by atoms with Crippen molar-refractivity contribution in [1.29, 1.82) is 5.26 Å². The molecule has 26 heavy (non-hydrogen) atoms. The second-order valence-electron chi connectivity index (χ2n) is 6.57. The summed E-state index contributed by atoms with van der Waals surface area (Å²) in [5, 5.41) is 10.2. The smallest absolute Gasteiger partial charge is 0.310 e. The maximum atomic E-state index is 12.2. The molecule has 2 atom stereocenters. The molecule has 0 saturated carbocycles. The van der Waals surface area contributed by atoms with Gasteiger partial charge in [0, 0.05) is 18.7 Å². The molecule has 0 amide bonds. The first kappa shape index (κ1) is 17.8. The molecule has 5 nitrogen and oxygen atoms in total. The number of anilines is 1. The molecule has 1 heterocycles. The fourth-order valence-electron chi connectivity index (χ4n) is 3.59. The molecule has 0 aromatic heterocycles. The largest absolute Gasteiger partial charge is 0.497 e. The number of methoxy groups -OCH3 is 2. The zero-order valence-electron chi connectivity index (χ0n) is 15.2. The molecule has 3 rings (SSSR count). The van der Waals surface area contributed by atoms with Crippen LogP contribution in [0.25, 0.3) is 0 Å². The molecule has 2 unspecified atom stereocenters. The predicted octanol–water partition coefficient (Wildman–Crippen LogP) is 3.42. The normalized spacial score (nSPS) is 21.9. The minimum Gasteiger partial charge on any atom is -0.497 e. The van der Waals surface area contributed by atoms with E-state index in [1.165, 1.54) is 7.11 Å². The molecule has 1 saturated heterocycles. The summed E-state index contributed by atoms with van der Waals surface area (Å²) in [6.07, 6.45) is 0.394. The van der Waals surface area contributed by atoms with E-state index in [9.17, 15) is 10.1 Å². The summed E-state index contributed by atoms with van der Waals surface area (Å²) in [6, 6.07) is 18.0. The topological polar surface area (TPSA) is 62.6 Å². The number of ether oxygens (including phenoxy) is 2. The van der Waals surface area contributed by atoms with Gasteiger partial charge in [-0.25, -0.2) is 0 Å². The average molecular weight is 350 g/mol. The molecule has 2 aromatic carbocycles. The fraction of sp³-hybridized carbons (Fsp3) is 0.333. The van der Waals surface area contributed by atoms with Crippen LogP contribution in [0, 0.1) is 24.2 Å². The Hall–Kier alpha value is -3.00. The predicted molar refractivity (Wildman–Crippen MR) is 98.9 cm³/mol. The molecule has 1 aliphatic heterocycles. The van der Waals surface area contributed by atoms with Gasteiger partial charge >= 0.3 is 5.97 Å². The van der Waals surface area contributed by atoms with E-state index < -0.39 is 5.54 Å². The molecular formula is C21H22N2O3. The Morgan fingerprint density at radius 1 is 1.15 bits per heavy atom. The third-order valence-corrected chi connectivity index (χ3v) is 5.04. The first-order valence-electron chi connectivity index (χ1n) is 8.52. The van der Waals surface area contributed by atoms with Gasteiger partial charge in [-0.15, -0.1) is 0 Å². The highest BCUT2D eigenvalue weighted by Gasteiger charge is 2.50. The van der Waals surface area contributed by atoms with Crippen LogP contribution in [-0.2, 0) is 15.1 Å². The molecular weight excluding hydrogens is 328 g/mol. The van der Waals surface area contributed by atoms with Crippen LogP contribution in [0.1, 0.15) is 17.5 Å². The van der Waals surface area contributed by atoms with E-state index in [2.05, 4.69) is 6.07 Å². The third kappa shape index (κ3) is 2.99. The number of hydrogen-bond acceptors (Lipinski definition) is 5. The molecule has 2 aromatic rings. The van der Waals surface area contributed by atoms with Crippen molar-refractivity contribution >= 4 is 11.7 Å². The number of rotatable bonds is 4. The third-order valence-electron chi connectivity index (χ3n) is 5.04. The van der Waals surface area contributed by atoms with Gasteiger partial charge in [0.05, 0.1) is 26.2 Å². The summed E-state index contributed by atoms with van der Waals surface area (Å²) in [6.45, 7) is 2.44. The Morgan fingerprint density at radius 2 is 1.81 bits per heavy atom. The van der Waals surface area contributed by atoms with Crippen molar-refractivity contribution in [3.8, 4) is 11.8 Å². The summed E-state index contributed by atoms with van der Waals surface area (Å²) < 4.78 is 10.2. The van der Waals surface area contributed by atoms with Crippen molar-refractivity contribution in [2.24, 2.45) is 5.92 Å². The van der Waals surface area contributed by atoms with E-state index in [0.717, 1.165) is 22.6 Å². The van der Waals surface area contributed by atoms with Crippen molar-refractivity contribution in [1.82, 2.24) is 0 Å². The zero-order chi connectivity index (χ0) is 18.7. The molecule has 134 valence electrons. The maximum absolute atomic E-state index is 12.2. The number of hydrogen-bond donors (Lipinski definition) is 0. The summed E-state index contributed by atoms with van der Waals surface area (Å²) in [5.41, 5.74) is 1.97. The summed E-state index contributed by atoms with van der Waals surface area (Å²) in [5.74, 6) is 0.103. The van der Waals surface area contributed by atoms with Gasteiger partial charge in [-0.3, -0.25) is 4.79 Å². The van der Waals surface area contributed by atoms with Crippen LogP contribution in [0.5, 0.6) is 5.75 Å². The van der Waals surface area contributed by atoms with Crippen molar-refractivity contribution in [3.05, 3.63) is 59.7 Å². The van der Waals surface area contributed by atoms with E-state index in [1.54, 1.807) is 7.11 Å². The first-order chi connectivity index (χ1) is 12.5. The molecule has 0 radical (unpaired) electrons. The molecule has 0 bridgehead atoms. The SMILES string of the molecule is COC(=O)C1CN(c2ccc(OC)cc2)C(C#N)(c2ccc(C)cc2)C1. The van der Waals surface area contributed by atoms with Gasteiger partial charge in [0.1, 0.15) is 5.75 Å². The van der Waals surface area contributed by atoms with Gasteiger partial charge in [0.2, 0.25) is 0 Å². The van der Waals surface area contributed by atoms with Crippen molar-refractivity contribution in [3.63, 3.8) is 0 Å². The highest BCUT2D eigenvalue weighted by molar-refractivity contribution is 5.76. The van der Waals surface area contributed by atoms with Crippen LogP contribution in [0.15, 0.2) is 48.5 Å². The zero-order valence-corrected chi connectivity index (χ0v) is 15.2. The number of nitriles is 1. The van der Waals surface area contributed by atoms with Gasteiger partial charge in [-0.1, -0.05) is 29.8 Å². The Bertz CT molecular complexity index is 824. The molecule has 1 fully saturated rings. The lowest BCUT2D eigenvalue weighted by molar-refractivity contribution is -0.144. The number of aryl methyl sites for hydroxylation is 1. The lowest BCUT2D eigenvalue weighted by Crippen LogP contribution is -2.40. The molecule has 0 spiro atoms. The minimum absolute atomic E-state index is 0.284. The number of esters is 1. The van der Waals surface area contributed by atoms with Gasteiger partial charge < -0.3 is 14.4 Å². The van der Waals surface area contributed by atoms with Crippen LogP contribution in [0.4, 0.5) is 5.69 Å². The molecule has 0 N–H and O–H groups in total. The van der Waals surface area contributed by atoms with E-state index in [-0.39, 0.29) is 11.9 Å². The number of nitrogens with zero attached hydrogens (tertiary/aromatic N) is 2. The highest BCUT2D eigenvalue weighted by Crippen LogP contribution is 2.44. The lowest BCUT2D eigenvalue weighted by Gasteiger charge is -2.34. The van der Waals surface area contributed by atoms with E-state index in [0.29, 0.717) is 13.0 Å². The van der Waals surface area contributed by atoms with Crippen molar-refractivity contribution in [2.75, 3.05) is 25.7 Å². The van der Waals surface area contributed by atoms with Crippen LogP contribution in [-0.4, -0.2) is 26.7 Å². The molecule has 5 heteroatoms.